The molecule has 0 aliphatic carbocycles. The van der Waals surface area contributed by atoms with Crippen LogP contribution in [0.3, 0.4) is 0 Å². The first-order valence-electron chi connectivity index (χ1n) is 11.6. The van der Waals surface area contributed by atoms with E-state index in [2.05, 4.69) is 38.2 Å². The summed E-state index contributed by atoms with van der Waals surface area (Å²) < 4.78 is 11.8. The smallest absolute Gasteiger partial charge is 0.255 e. The maximum atomic E-state index is 12.8. The fourth-order valence-electron chi connectivity index (χ4n) is 3.57. The number of amides is 1. The van der Waals surface area contributed by atoms with Gasteiger partial charge in [-0.3, -0.25) is 4.79 Å². The van der Waals surface area contributed by atoms with Crippen LogP contribution in [0.2, 0.25) is 0 Å². The molecule has 2 atom stereocenters. The predicted octanol–water partition coefficient (Wildman–Crippen LogP) is 7.44. The van der Waals surface area contributed by atoms with Crippen molar-refractivity contribution in [1.29, 1.82) is 0 Å². The Morgan fingerprint density at radius 2 is 1.82 bits per heavy atom. The minimum absolute atomic E-state index is 0.0950. The molecular weight excluding hydrogens is 412 g/mol. The van der Waals surface area contributed by atoms with Crippen molar-refractivity contribution in [3.05, 3.63) is 77.9 Å². The lowest BCUT2D eigenvalue weighted by Crippen LogP contribution is -2.13. The summed E-state index contributed by atoms with van der Waals surface area (Å²) >= 11 is 0. The molecule has 3 aromatic carbocycles. The second kappa shape index (κ2) is 9.90. The number of aromatic nitrogens is 1. The maximum Gasteiger partial charge on any atom is 0.255 e. The molecule has 0 spiro atoms. The Balaban J connectivity index is 1.54. The number of nitrogens with zero attached hydrogens (tertiary/aromatic N) is 1. The van der Waals surface area contributed by atoms with Crippen molar-refractivity contribution < 1.29 is 13.9 Å². The zero-order chi connectivity index (χ0) is 23.4. The van der Waals surface area contributed by atoms with Crippen LogP contribution in [0.25, 0.3) is 22.6 Å². The molecule has 4 rings (SSSR count). The zero-order valence-corrected chi connectivity index (χ0v) is 19.6. The number of benzene rings is 3. The predicted molar refractivity (Wildman–Crippen MR) is 133 cm³/mol. The van der Waals surface area contributed by atoms with Crippen LogP contribution in [-0.4, -0.2) is 17.0 Å². The molecule has 0 fully saturated rings. The third kappa shape index (κ3) is 5.25. The number of hydrogen-bond acceptors (Lipinski definition) is 4. The summed E-state index contributed by atoms with van der Waals surface area (Å²) in [6.07, 6.45) is 2.07. The van der Waals surface area contributed by atoms with E-state index in [4.69, 9.17) is 14.1 Å². The van der Waals surface area contributed by atoms with Crippen molar-refractivity contribution in [1.82, 2.24) is 4.98 Å². The Morgan fingerprint density at radius 1 is 1.00 bits per heavy atom. The molecule has 0 aliphatic rings. The highest BCUT2D eigenvalue weighted by Crippen LogP contribution is 2.29. The number of fused-ring (bicyclic) bond motifs is 1. The Hall–Kier alpha value is -3.60. The van der Waals surface area contributed by atoms with Crippen molar-refractivity contribution in [3.63, 3.8) is 0 Å². The van der Waals surface area contributed by atoms with Gasteiger partial charge in [0.05, 0.1) is 6.10 Å². The maximum absolute atomic E-state index is 12.8. The van der Waals surface area contributed by atoms with E-state index < -0.39 is 0 Å². The fourth-order valence-corrected chi connectivity index (χ4v) is 3.57. The number of anilines is 1. The number of ether oxygens (including phenoxy) is 1. The van der Waals surface area contributed by atoms with Gasteiger partial charge in [0.2, 0.25) is 5.89 Å². The van der Waals surface area contributed by atoms with Crippen molar-refractivity contribution >= 4 is 22.7 Å². The van der Waals surface area contributed by atoms with E-state index in [-0.39, 0.29) is 12.0 Å². The van der Waals surface area contributed by atoms with Crippen molar-refractivity contribution in [2.45, 2.75) is 52.6 Å². The summed E-state index contributed by atoms with van der Waals surface area (Å²) in [7, 11) is 0. The average Bonchev–Trinajstić information content (AvgIpc) is 3.27. The van der Waals surface area contributed by atoms with Crippen LogP contribution in [0.15, 0.2) is 71.1 Å². The minimum atomic E-state index is -0.197. The van der Waals surface area contributed by atoms with Crippen LogP contribution in [0.5, 0.6) is 5.75 Å². The third-order valence-corrected chi connectivity index (χ3v) is 5.97. The van der Waals surface area contributed by atoms with Gasteiger partial charge >= 0.3 is 0 Å². The number of nitrogens with one attached hydrogen (secondary N) is 1. The van der Waals surface area contributed by atoms with Gasteiger partial charge in [0.1, 0.15) is 11.3 Å². The highest BCUT2D eigenvalue weighted by Gasteiger charge is 2.13. The van der Waals surface area contributed by atoms with Crippen LogP contribution in [-0.2, 0) is 0 Å². The molecule has 0 saturated heterocycles. The van der Waals surface area contributed by atoms with E-state index in [1.54, 1.807) is 12.1 Å². The first-order chi connectivity index (χ1) is 16.0. The first-order valence-corrected chi connectivity index (χ1v) is 11.6. The van der Waals surface area contributed by atoms with Gasteiger partial charge in [-0.2, -0.15) is 0 Å². The summed E-state index contributed by atoms with van der Waals surface area (Å²) in [5.41, 5.74) is 4.88. The molecule has 1 amide bonds. The molecule has 0 unspecified atom stereocenters. The topological polar surface area (TPSA) is 64.4 Å². The van der Waals surface area contributed by atoms with Crippen LogP contribution < -0.4 is 10.1 Å². The lowest BCUT2D eigenvalue weighted by atomic mass is 9.98. The van der Waals surface area contributed by atoms with Crippen LogP contribution in [0.4, 0.5) is 5.69 Å². The molecule has 0 bridgehead atoms. The van der Waals surface area contributed by atoms with Gasteiger partial charge in [0.25, 0.3) is 5.91 Å². The van der Waals surface area contributed by atoms with Crippen LogP contribution in [0, 0.1) is 0 Å². The lowest BCUT2D eigenvalue weighted by molar-refractivity contribution is 0.102. The van der Waals surface area contributed by atoms with Crippen molar-refractivity contribution in [3.8, 4) is 17.2 Å². The van der Waals surface area contributed by atoms with Crippen molar-refractivity contribution in [2.24, 2.45) is 0 Å². The zero-order valence-electron chi connectivity index (χ0n) is 19.6. The molecular formula is C28H30N2O3. The number of hydrogen-bond donors (Lipinski definition) is 1. The standard InChI is InChI=1S/C28H30N2O3/c1-5-18(3)20-13-14-26-25(17-20)30-28(33-26)22-10-7-11-23(15-22)29-27(31)21-9-8-12-24(16-21)32-19(4)6-2/h7-19H,5-6H2,1-4H3,(H,29,31)/t18-,19+/m1/s1. The molecule has 5 heteroatoms. The van der Waals surface area contributed by atoms with Gasteiger partial charge < -0.3 is 14.5 Å². The fraction of sp³-hybridized carbons (Fsp3) is 0.286. The second-order valence-corrected chi connectivity index (χ2v) is 8.45. The molecule has 1 aromatic heterocycles. The van der Waals surface area contributed by atoms with E-state index >= 15 is 0 Å². The Bertz CT molecular complexity index is 1260. The molecule has 170 valence electrons. The van der Waals surface area contributed by atoms with E-state index in [0.29, 0.717) is 28.8 Å². The molecule has 33 heavy (non-hydrogen) atoms. The third-order valence-electron chi connectivity index (χ3n) is 5.97. The largest absolute Gasteiger partial charge is 0.491 e. The lowest BCUT2D eigenvalue weighted by Gasteiger charge is -2.13. The normalized spacial score (nSPS) is 13.0. The molecule has 0 radical (unpaired) electrons. The molecule has 1 N–H and O–H groups in total. The summed E-state index contributed by atoms with van der Waals surface area (Å²) in [5, 5.41) is 2.96. The van der Waals surface area contributed by atoms with Gasteiger partial charge in [0, 0.05) is 16.8 Å². The minimum Gasteiger partial charge on any atom is -0.491 e. The van der Waals surface area contributed by atoms with E-state index in [1.807, 2.05) is 49.4 Å². The Kier molecular flexibility index (Phi) is 6.78. The van der Waals surface area contributed by atoms with Gasteiger partial charge in [0.15, 0.2) is 5.58 Å². The Morgan fingerprint density at radius 3 is 2.61 bits per heavy atom. The van der Waals surface area contributed by atoms with Crippen LogP contribution in [0.1, 0.15) is 62.4 Å². The van der Waals surface area contributed by atoms with E-state index in [9.17, 15) is 4.79 Å². The number of rotatable bonds is 8. The quantitative estimate of drug-likeness (QED) is 0.308. The van der Waals surface area contributed by atoms with E-state index in [0.717, 1.165) is 29.5 Å². The summed E-state index contributed by atoms with van der Waals surface area (Å²) in [4.78, 5) is 17.5. The van der Waals surface area contributed by atoms with Gasteiger partial charge in [-0.1, -0.05) is 39.0 Å². The monoisotopic (exact) mass is 442 g/mol. The van der Waals surface area contributed by atoms with Gasteiger partial charge in [-0.25, -0.2) is 4.98 Å². The molecule has 4 aromatic rings. The molecule has 0 saturated carbocycles. The Labute approximate surface area is 194 Å². The second-order valence-electron chi connectivity index (χ2n) is 8.45. The first kappa shape index (κ1) is 22.6. The molecule has 5 nitrogen and oxygen atoms in total. The number of carbonyl (C=O) groups is 1. The summed E-state index contributed by atoms with van der Waals surface area (Å²) in [6, 6.07) is 20.9. The van der Waals surface area contributed by atoms with Gasteiger partial charge in [-0.05, 0) is 79.8 Å². The molecule has 0 aliphatic heterocycles. The summed E-state index contributed by atoms with van der Waals surface area (Å²) in [6.45, 7) is 8.46. The highest BCUT2D eigenvalue weighted by molar-refractivity contribution is 6.04. The number of carbonyl (C=O) groups excluding carboxylic acids is 1. The number of oxazole rings is 1. The van der Waals surface area contributed by atoms with Crippen molar-refractivity contribution in [2.75, 3.05) is 5.32 Å². The van der Waals surface area contributed by atoms with E-state index in [1.165, 1.54) is 5.56 Å². The average molecular weight is 443 g/mol. The van der Waals surface area contributed by atoms with Crippen LogP contribution >= 0.6 is 0 Å². The van der Waals surface area contributed by atoms with Gasteiger partial charge in [-0.15, -0.1) is 0 Å². The SMILES string of the molecule is CC[C@@H](C)c1ccc2oc(-c3cccc(NC(=O)c4cccc(O[C@@H](C)CC)c4)c3)nc2c1. The molecule has 1 heterocycles. The highest BCUT2D eigenvalue weighted by atomic mass is 16.5. The summed E-state index contributed by atoms with van der Waals surface area (Å²) in [5.74, 6) is 1.50.